The first-order valence-corrected chi connectivity index (χ1v) is 15.9. The Balaban J connectivity index is 1.60. The lowest BCUT2D eigenvalue weighted by molar-refractivity contribution is -0.348. The number of hydrogen-bond acceptors (Lipinski definition) is 4. The van der Waals surface area contributed by atoms with Crippen molar-refractivity contribution in [3.63, 3.8) is 0 Å². The van der Waals surface area contributed by atoms with Crippen molar-refractivity contribution in [3.05, 3.63) is 62.7 Å². The van der Waals surface area contributed by atoms with Gasteiger partial charge in [0.05, 0.1) is 10.9 Å². The lowest BCUT2D eigenvalue weighted by atomic mass is 9.76. The Morgan fingerprint density at radius 1 is 0.977 bits per heavy atom. The van der Waals surface area contributed by atoms with Crippen molar-refractivity contribution in [2.24, 2.45) is 5.92 Å². The predicted octanol–water partition coefficient (Wildman–Crippen LogP) is 5.67. The number of fused-ring (bicyclic) bond motifs is 3. The third-order valence-electron chi connectivity index (χ3n) is 8.86. The van der Waals surface area contributed by atoms with Gasteiger partial charge in [0.15, 0.2) is 9.84 Å². The van der Waals surface area contributed by atoms with E-state index in [0.29, 0.717) is 25.2 Å². The summed E-state index contributed by atoms with van der Waals surface area (Å²) >= 11 is 1.98. The van der Waals surface area contributed by atoms with E-state index in [0.717, 1.165) is 9.64 Å². The summed E-state index contributed by atoms with van der Waals surface area (Å²) in [7, 11) is -4.39. The second kappa shape index (κ2) is 10.6. The second-order valence-corrected chi connectivity index (χ2v) is 14.7. The summed E-state index contributed by atoms with van der Waals surface area (Å²) in [6.45, 7) is 2.14. The zero-order chi connectivity index (χ0) is 31.8. The number of nitrogens with zero attached hydrogens (tertiary/aromatic N) is 2. The van der Waals surface area contributed by atoms with Crippen molar-refractivity contribution in [2.45, 2.75) is 66.3 Å². The molecule has 2 aliphatic heterocycles. The van der Waals surface area contributed by atoms with E-state index in [1.165, 1.54) is 24.0 Å². The van der Waals surface area contributed by atoms with Crippen molar-refractivity contribution in [2.75, 3.05) is 19.6 Å². The fourth-order valence-electron chi connectivity index (χ4n) is 6.67. The molecule has 0 unspecified atom stereocenters. The normalized spacial score (nSPS) is 23.0. The van der Waals surface area contributed by atoms with E-state index in [9.17, 15) is 48.7 Å². The van der Waals surface area contributed by atoms with Gasteiger partial charge in [0, 0.05) is 48.0 Å². The van der Waals surface area contributed by atoms with E-state index in [2.05, 4.69) is 0 Å². The van der Waals surface area contributed by atoms with Gasteiger partial charge in [-0.25, -0.2) is 12.8 Å². The van der Waals surface area contributed by atoms with Gasteiger partial charge in [-0.3, -0.25) is 9.59 Å². The molecule has 2 saturated heterocycles. The van der Waals surface area contributed by atoms with Crippen LogP contribution in [0.15, 0.2) is 47.4 Å². The van der Waals surface area contributed by atoms with Crippen LogP contribution in [0.3, 0.4) is 0 Å². The molecule has 2 aromatic carbocycles. The molecule has 3 aliphatic rings. The fraction of sp³-hybridized carbons (Fsp3) is 0.500. The molecule has 5 rings (SSSR count). The number of alkyl halides is 7. The van der Waals surface area contributed by atoms with Crippen LogP contribution in [-0.4, -0.2) is 68.1 Å². The highest BCUT2D eigenvalue weighted by molar-refractivity contribution is 14.1. The Kier molecular flexibility index (Phi) is 7.87. The Labute approximate surface area is 256 Å². The molecule has 0 saturated carbocycles. The van der Waals surface area contributed by atoms with Gasteiger partial charge in [0.2, 0.25) is 11.8 Å². The molecule has 2 fully saturated rings. The first-order valence-electron chi connectivity index (χ1n) is 13.4. The highest BCUT2D eigenvalue weighted by Gasteiger charge is 2.74. The van der Waals surface area contributed by atoms with Gasteiger partial charge in [0.25, 0.3) is 0 Å². The van der Waals surface area contributed by atoms with Crippen LogP contribution in [0.1, 0.15) is 42.9 Å². The zero-order valence-corrected chi connectivity index (χ0v) is 25.6. The first kappa shape index (κ1) is 32.0. The van der Waals surface area contributed by atoms with Gasteiger partial charge in [-0.15, -0.1) is 0 Å². The number of carbonyl (C=O) groups is 2. The maximum atomic E-state index is 15.0. The number of amides is 2. The molecule has 2 amide bonds. The molecule has 0 spiro atoms. The van der Waals surface area contributed by atoms with Gasteiger partial charge >= 0.3 is 18.0 Å². The Morgan fingerprint density at radius 3 is 2.14 bits per heavy atom. The number of halogens is 8. The maximum absolute atomic E-state index is 15.0. The summed E-state index contributed by atoms with van der Waals surface area (Å²) in [5, 5.41) is 0. The summed E-state index contributed by atoms with van der Waals surface area (Å²) in [5.74, 6) is -0.612. The number of benzene rings is 2. The summed E-state index contributed by atoms with van der Waals surface area (Å²) in [5.41, 5.74) is -7.54. The van der Waals surface area contributed by atoms with Crippen LogP contribution in [0, 0.1) is 9.49 Å². The van der Waals surface area contributed by atoms with Crippen LogP contribution < -0.4 is 0 Å². The average molecular weight is 746 g/mol. The van der Waals surface area contributed by atoms with E-state index in [-0.39, 0.29) is 66.0 Å². The van der Waals surface area contributed by atoms with E-state index in [4.69, 9.17) is 0 Å². The molecule has 0 radical (unpaired) electrons. The van der Waals surface area contributed by atoms with Crippen LogP contribution in [-0.2, 0) is 36.3 Å². The Bertz CT molecular complexity index is 1540. The van der Waals surface area contributed by atoms with Crippen LogP contribution in [0.4, 0.5) is 30.7 Å². The topological polar surface area (TPSA) is 74.8 Å². The molecule has 6 nitrogen and oxygen atoms in total. The summed E-state index contributed by atoms with van der Waals surface area (Å²) < 4.78 is 124. The molecule has 2 atom stereocenters. The number of likely N-dealkylation sites (tertiary alicyclic amines) is 2. The van der Waals surface area contributed by atoms with Gasteiger partial charge in [0.1, 0.15) is 4.75 Å². The SMILES string of the molecule is CC(=O)N1CC(CC(=O)N2CC[C@@]3(S(=O)(=O)c4ccc(I)cc4)c4ccc(C(F)(C(F)(F)F)C(F)(F)F)cc4CC[C@@H]23)C1. The number of carbonyl (C=O) groups excluding carboxylic acids is 2. The van der Waals surface area contributed by atoms with Gasteiger partial charge < -0.3 is 9.80 Å². The fourth-order valence-corrected chi connectivity index (χ4v) is 9.40. The minimum Gasteiger partial charge on any atom is -0.342 e. The van der Waals surface area contributed by atoms with Crippen molar-refractivity contribution in [1.82, 2.24) is 9.80 Å². The molecular formula is C28H26F7IN2O4S. The summed E-state index contributed by atoms with van der Waals surface area (Å²) in [6.07, 6.45) is -13.0. The molecule has 1 aliphatic carbocycles. The van der Waals surface area contributed by atoms with Gasteiger partial charge in [-0.2, -0.15) is 26.3 Å². The summed E-state index contributed by atoms with van der Waals surface area (Å²) in [4.78, 5) is 27.9. The van der Waals surface area contributed by atoms with Crippen LogP contribution in [0.25, 0.3) is 0 Å². The lowest BCUT2D eigenvalue weighted by Crippen LogP contribution is -2.54. The quantitative estimate of drug-likeness (QED) is 0.293. The second-order valence-electron chi connectivity index (χ2n) is 11.3. The number of rotatable bonds is 5. The molecule has 0 N–H and O–H groups in total. The van der Waals surface area contributed by atoms with Crippen molar-refractivity contribution in [3.8, 4) is 0 Å². The smallest absolute Gasteiger partial charge is 0.342 e. The third-order valence-corrected chi connectivity index (χ3v) is 12.1. The van der Waals surface area contributed by atoms with Crippen LogP contribution in [0.5, 0.6) is 0 Å². The molecule has 0 bridgehead atoms. The summed E-state index contributed by atoms with van der Waals surface area (Å²) in [6, 6.07) is 6.51. The van der Waals surface area contributed by atoms with Crippen molar-refractivity contribution < 1.29 is 48.7 Å². The number of aryl methyl sites for hydroxylation is 1. The van der Waals surface area contributed by atoms with Crippen LogP contribution in [0.2, 0.25) is 0 Å². The third kappa shape index (κ3) is 4.92. The molecule has 15 heteroatoms. The highest BCUT2D eigenvalue weighted by atomic mass is 127. The van der Waals surface area contributed by atoms with Crippen molar-refractivity contribution >= 4 is 44.2 Å². The zero-order valence-electron chi connectivity index (χ0n) is 22.6. The van der Waals surface area contributed by atoms with Crippen molar-refractivity contribution in [1.29, 1.82) is 0 Å². The lowest BCUT2D eigenvalue weighted by Gasteiger charge is -2.44. The minimum absolute atomic E-state index is 0.0183. The van der Waals surface area contributed by atoms with E-state index >= 15 is 0 Å². The number of sulfone groups is 1. The van der Waals surface area contributed by atoms with Crippen LogP contribution >= 0.6 is 22.6 Å². The standard InChI is InChI=1S/C28H26F7IN2O4S/c1-16(39)37-14-17(15-37)12-24(40)38-11-10-25(43(41,42)21-6-4-20(36)5-7-21)22-8-3-19(13-18(22)2-9-23(25)38)26(29,27(30,31)32)28(33,34)35/h3-8,13,17,23H,2,9-12,14-15H2,1H3/t23-,25-/m1/s1. The predicted molar refractivity (Wildman–Crippen MR) is 148 cm³/mol. The van der Waals surface area contributed by atoms with Gasteiger partial charge in [-0.1, -0.05) is 18.2 Å². The van der Waals surface area contributed by atoms with E-state index in [1.54, 1.807) is 17.0 Å². The Hall–Kier alpha value is -2.43. The molecule has 43 heavy (non-hydrogen) atoms. The molecule has 0 aromatic heterocycles. The molecule has 2 aromatic rings. The highest BCUT2D eigenvalue weighted by Crippen LogP contribution is 2.56. The average Bonchev–Trinajstić information content (AvgIpc) is 3.30. The van der Waals surface area contributed by atoms with E-state index in [1.807, 2.05) is 22.6 Å². The van der Waals surface area contributed by atoms with E-state index < -0.39 is 44.2 Å². The Morgan fingerprint density at radius 2 is 1.58 bits per heavy atom. The maximum Gasteiger partial charge on any atom is 0.435 e. The monoisotopic (exact) mass is 746 g/mol. The number of hydrogen-bond donors (Lipinski definition) is 0. The molecular weight excluding hydrogens is 720 g/mol. The largest absolute Gasteiger partial charge is 0.435 e. The molecule has 234 valence electrons. The van der Waals surface area contributed by atoms with Gasteiger partial charge in [-0.05, 0) is 77.2 Å². The minimum atomic E-state index is -6.32. The molecule has 2 heterocycles. The first-order chi connectivity index (χ1) is 19.8.